The topological polar surface area (TPSA) is 87.3 Å². The molecule has 2 heterocycles. The van der Waals surface area contributed by atoms with Gasteiger partial charge in [0, 0.05) is 16.8 Å². The second-order valence-electron chi connectivity index (χ2n) is 6.95. The smallest absolute Gasteiger partial charge is 0.254 e. The number of methoxy groups -OCH3 is 1. The minimum atomic E-state index is -0.596. The summed E-state index contributed by atoms with van der Waals surface area (Å²) in [5, 5.41) is 17.9. The second kappa shape index (κ2) is 10.6. The van der Waals surface area contributed by atoms with Crippen LogP contribution in [-0.2, 0) is 4.79 Å². The van der Waals surface area contributed by atoms with E-state index in [1.807, 2.05) is 38.1 Å². The number of allylic oxidation sites excluding steroid dienone is 2. The molecule has 0 saturated heterocycles. The van der Waals surface area contributed by atoms with Gasteiger partial charge in [-0.05, 0) is 44.5 Å². The highest BCUT2D eigenvalue weighted by Gasteiger charge is 2.36. The lowest BCUT2D eigenvalue weighted by Crippen LogP contribution is -2.30. The number of amides is 1. The average Bonchev–Trinajstić information content (AvgIpc) is 3.19. The van der Waals surface area contributed by atoms with Gasteiger partial charge in [0.15, 0.2) is 0 Å². The van der Waals surface area contributed by atoms with Crippen molar-refractivity contribution < 1.29 is 13.9 Å². The van der Waals surface area contributed by atoms with Crippen molar-refractivity contribution in [3.05, 3.63) is 69.8 Å². The second-order valence-corrected chi connectivity index (χ2v) is 8.84. The molecule has 6 nitrogen and oxygen atoms in total. The standard InChI is InChI=1S/C23H24BrN3O3S/c1-14-9-10-19(30-14)21-16(13-25)23(31-12-6-11-24)26-15(2)20(21)22(28)27-17-7-4-5-8-18(17)29-3/h4-5,7-10,21,26H,6,11-12H2,1-3H3,(H,27,28). The lowest BCUT2D eigenvalue weighted by Gasteiger charge is -2.28. The fraction of sp³-hybridized carbons (Fsp3) is 0.304. The molecule has 1 amide bonds. The number of hydrogen-bond acceptors (Lipinski definition) is 6. The van der Waals surface area contributed by atoms with E-state index in [0.29, 0.717) is 34.0 Å². The molecule has 1 atom stereocenters. The molecule has 3 rings (SSSR count). The van der Waals surface area contributed by atoms with Gasteiger partial charge >= 0.3 is 0 Å². The van der Waals surface area contributed by atoms with Gasteiger partial charge in [-0.2, -0.15) is 5.26 Å². The first-order valence-electron chi connectivity index (χ1n) is 9.81. The first-order valence-corrected chi connectivity index (χ1v) is 11.9. The molecule has 1 aromatic heterocycles. The number of hydrogen-bond donors (Lipinski definition) is 2. The first-order chi connectivity index (χ1) is 15.0. The number of para-hydroxylation sites is 2. The number of dihydropyridines is 1. The molecule has 31 heavy (non-hydrogen) atoms. The molecule has 0 bridgehead atoms. The number of alkyl halides is 1. The van der Waals surface area contributed by atoms with Crippen molar-refractivity contribution in [1.29, 1.82) is 5.26 Å². The zero-order valence-electron chi connectivity index (χ0n) is 17.6. The number of ether oxygens (including phenoxy) is 1. The van der Waals surface area contributed by atoms with Crippen molar-refractivity contribution in [3.63, 3.8) is 0 Å². The van der Waals surface area contributed by atoms with Crippen LogP contribution in [0.2, 0.25) is 0 Å². The molecular formula is C23H24BrN3O3S. The number of anilines is 1. The highest BCUT2D eigenvalue weighted by molar-refractivity contribution is 9.09. The molecule has 1 aliphatic rings. The van der Waals surface area contributed by atoms with Crippen LogP contribution >= 0.6 is 27.7 Å². The summed E-state index contributed by atoms with van der Waals surface area (Å²) < 4.78 is 11.2. The summed E-state index contributed by atoms with van der Waals surface area (Å²) in [4.78, 5) is 13.4. The fourth-order valence-electron chi connectivity index (χ4n) is 3.39. The van der Waals surface area contributed by atoms with Crippen LogP contribution in [0.1, 0.15) is 30.8 Å². The van der Waals surface area contributed by atoms with E-state index < -0.39 is 5.92 Å². The molecule has 0 aliphatic carbocycles. The Bertz CT molecular complexity index is 1070. The minimum absolute atomic E-state index is 0.314. The molecular weight excluding hydrogens is 478 g/mol. The Morgan fingerprint density at radius 3 is 2.74 bits per heavy atom. The Morgan fingerprint density at radius 2 is 2.10 bits per heavy atom. The number of nitrogens with one attached hydrogen (secondary N) is 2. The number of thioether (sulfide) groups is 1. The number of halogens is 1. The van der Waals surface area contributed by atoms with Gasteiger partial charge in [0.25, 0.3) is 5.91 Å². The van der Waals surface area contributed by atoms with E-state index >= 15 is 0 Å². The Hall–Kier alpha value is -2.63. The van der Waals surface area contributed by atoms with Crippen LogP contribution in [0.4, 0.5) is 5.69 Å². The third kappa shape index (κ3) is 5.17. The van der Waals surface area contributed by atoms with Gasteiger partial charge in [0.2, 0.25) is 0 Å². The predicted octanol–water partition coefficient (Wildman–Crippen LogP) is 5.45. The predicted molar refractivity (Wildman–Crippen MR) is 127 cm³/mol. The lowest BCUT2D eigenvalue weighted by molar-refractivity contribution is -0.113. The molecule has 162 valence electrons. The van der Waals surface area contributed by atoms with Crippen LogP contribution in [0, 0.1) is 18.3 Å². The summed E-state index contributed by atoms with van der Waals surface area (Å²) in [6.45, 7) is 3.69. The van der Waals surface area contributed by atoms with Crippen LogP contribution in [-0.4, -0.2) is 24.1 Å². The number of carbonyl (C=O) groups excluding carboxylic acids is 1. The first kappa shape index (κ1) is 23.0. The van der Waals surface area contributed by atoms with E-state index in [0.717, 1.165) is 28.3 Å². The van der Waals surface area contributed by atoms with Gasteiger partial charge in [-0.3, -0.25) is 4.79 Å². The zero-order chi connectivity index (χ0) is 22.4. The van der Waals surface area contributed by atoms with E-state index in [-0.39, 0.29) is 5.91 Å². The van der Waals surface area contributed by atoms with Gasteiger partial charge in [-0.25, -0.2) is 0 Å². The van der Waals surface area contributed by atoms with Gasteiger partial charge in [0.05, 0.1) is 41.0 Å². The molecule has 2 N–H and O–H groups in total. The highest BCUT2D eigenvalue weighted by atomic mass is 79.9. The van der Waals surface area contributed by atoms with Gasteiger partial charge < -0.3 is 19.8 Å². The van der Waals surface area contributed by atoms with Gasteiger partial charge in [0.1, 0.15) is 17.3 Å². The largest absolute Gasteiger partial charge is 0.495 e. The zero-order valence-corrected chi connectivity index (χ0v) is 20.0. The number of carbonyl (C=O) groups is 1. The van der Waals surface area contributed by atoms with Crippen LogP contribution in [0.5, 0.6) is 5.75 Å². The molecule has 8 heteroatoms. The Labute approximate surface area is 194 Å². The Balaban J connectivity index is 2.02. The van der Waals surface area contributed by atoms with Crippen LogP contribution in [0.3, 0.4) is 0 Å². The molecule has 0 fully saturated rings. The van der Waals surface area contributed by atoms with Crippen LogP contribution in [0.25, 0.3) is 0 Å². The summed E-state index contributed by atoms with van der Waals surface area (Å²) >= 11 is 5.02. The maximum atomic E-state index is 13.4. The van der Waals surface area contributed by atoms with Crippen molar-refractivity contribution in [2.45, 2.75) is 26.2 Å². The number of aryl methyl sites for hydroxylation is 1. The monoisotopic (exact) mass is 501 g/mol. The number of benzene rings is 1. The van der Waals surface area contributed by atoms with E-state index in [2.05, 4.69) is 32.6 Å². The molecule has 0 radical (unpaired) electrons. The number of rotatable bonds is 8. The summed E-state index contributed by atoms with van der Waals surface area (Å²) in [6, 6.07) is 13.2. The van der Waals surface area contributed by atoms with Crippen molar-refractivity contribution in [3.8, 4) is 11.8 Å². The Kier molecular flexibility index (Phi) is 7.88. The van der Waals surface area contributed by atoms with Crippen molar-refractivity contribution >= 4 is 39.3 Å². The number of nitrogens with zero attached hydrogens (tertiary/aromatic N) is 1. The van der Waals surface area contributed by atoms with Gasteiger partial charge in [-0.15, -0.1) is 11.8 Å². The van der Waals surface area contributed by atoms with E-state index in [4.69, 9.17) is 9.15 Å². The van der Waals surface area contributed by atoms with E-state index in [9.17, 15) is 10.1 Å². The SMILES string of the molecule is COc1ccccc1NC(=O)C1=C(C)NC(SCCCBr)=C(C#N)C1c1ccc(C)o1. The maximum absolute atomic E-state index is 13.4. The Morgan fingerprint density at radius 1 is 1.32 bits per heavy atom. The summed E-state index contributed by atoms with van der Waals surface area (Å²) in [6.07, 6.45) is 0.961. The summed E-state index contributed by atoms with van der Waals surface area (Å²) in [5.41, 5.74) is 2.17. The minimum Gasteiger partial charge on any atom is -0.495 e. The van der Waals surface area contributed by atoms with Crippen molar-refractivity contribution in [1.82, 2.24) is 5.32 Å². The quantitative estimate of drug-likeness (QED) is 0.369. The fourth-order valence-corrected chi connectivity index (χ4v) is 5.08. The average molecular weight is 502 g/mol. The van der Waals surface area contributed by atoms with Crippen molar-refractivity contribution in [2.75, 3.05) is 23.5 Å². The van der Waals surface area contributed by atoms with Crippen molar-refractivity contribution in [2.24, 2.45) is 0 Å². The molecule has 1 unspecified atom stereocenters. The summed E-state index contributed by atoms with van der Waals surface area (Å²) in [5.74, 6) is 1.79. The lowest BCUT2D eigenvalue weighted by atomic mass is 9.85. The molecule has 1 aromatic carbocycles. The molecule has 0 spiro atoms. The van der Waals surface area contributed by atoms with E-state index in [1.54, 1.807) is 31.0 Å². The number of nitriles is 1. The molecule has 1 aliphatic heterocycles. The normalized spacial score (nSPS) is 16.0. The van der Waals surface area contributed by atoms with E-state index in [1.165, 1.54) is 0 Å². The maximum Gasteiger partial charge on any atom is 0.254 e. The van der Waals surface area contributed by atoms with Crippen LogP contribution in [0.15, 0.2) is 62.7 Å². The molecule has 0 saturated carbocycles. The third-order valence-electron chi connectivity index (χ3n) is 4.82. The van der Waals surface area contributed by atoms with Crippen LogP contribution < -0.4 is 15.4 Å². The summed E-state index contributed by atoms with van der Waals surface area (Å²) in [7, 11) is 1.55. The third-order valence-corrected chi connectivity index (χ3v) is 6.48. The van der Waals surface area contributed by atoms with Gasteiger partial charge in [-0.1, -0.05) is 28.1 Å². The highest BCUT2D eigenvalue weighted by Crippen LogP contribution is 2.42. The molecule has 2 aromatic rings. The number of furan rings is 1.